The van der Waals surface area contributed by atoms with Crippen LogP contribution in [-0.4, -0.2) is 34.0 Å². The van der Waals surface area contributed by atoms with Crippen LogP contribution in [0.25, 0.3) is 16.4 Å². The van der Waals surface area contributed by atoms with E-state index in [0.29, 0.717) is 17.3 Å². The molecule has 37 heavy (non-hydrogen) atoms. The zero-order valence-electron chi connectivity index (χ0n) is 20.0. The Balaban J connectivity index is 1.37. The van der Waals surface area contributed by atoms with Crippen molar-refractivity contribution < 1.29 is 31.1 Å². The van der Waals surface area contributed by atoms with Crippen molar-refractivity contribution in [3.8, 4) is 16.4 Å². The normalized spacial score (nSPS) is 15.4. The molecule has 2 aromatic heterocycles. The number of benzene rings is 1. The molecule has 0 spiro atoms. The molecule has 3 aromatic rings. The molecule has 0 atom stereocenters. The van der Waals surface area contributed by atoms with Crippen molar-refractivity contribution in [2.75, 3.05) is 13.2 Å². The van der Waals surface area contributed by atoms with E-state index in [1.165, 1.54) is 49.6 Å². The van der Waals surface area contributed by atoms with Gasteiger partial charge in [-0.05, 0) is 44.4 Å². The van der Waals surface area contributed by atoms with Gasteiger partial charge in [-0.2, -0.15) is 31.4 Å². The highest BCUT2D eigenvalue weighted by molar-refractivity contribution is 7.12. The van der Waals surface area contributed by atoms with Gasteiger partial charge in [-0.15, -0.1) is 11.3 Å². The Hall–Kier alpha value is -2.44. The second-order valence-electron chi connectivity index (χ2n) is 9.07. The molecular formula is C25H28F6N4OS. The lowest BCUT2D eigenvalue weighted by Crippen LogP contribution is -2.31. The second-order valence-corrected chi connectivity index (χ2v) is 9.91. The summed E-state index contributed by atoms with van der Waals surface area (Å²) in [6, 6.07) is 5.05. The van der Waals surface area contributed by atoms with Crippen LogP contribution >= 0.6 is 11.3 Å². The summed E-state index contributed by atoms with van der Waals surface area (Å²) in [5.74, 6) is 0. The van der Waals surface area contributed by atoms with Crippen molar-refractivity contribution in [1.29, 1.82) is 0 Å². The van der Waals surface area contributed by atoms with E-state index in [1.807, 2.05) is 0 Å². The molecule has 202 valence electrons. The SMILES string of the molecule is FC(F)(F)c1cccc(-c2csc(-n3ncc(COCCCCNC4CCCCC4)c3C(F)(F)F)n2)c1. The Kier molecular flexibility index (Phi) is 8.91. The van der Waals surface area contributed by atoms with Crippen molar-refractivity contribution >= 4 is 11.3 Å². The fourth-order valence-electron chi connectivity index (χ4n) is 4.41. The van der Waals surface area contributed by atoms with Crippen LogP contribution in [0.4, 0.5) is 26.3 Å². The first kappa shape index (κ1) is 27.6. The van der Waals surface area contributed by atoms with Crippen LogP contribution in [0.15, 0.2) is 35.8 Å². The monoisotopic (exact) mass is 546 g/mol. The first-order valence-corrected chi connectivity index (χ1v) is 13.1. The standard InChI is InChI=1S/C25H28F6N4OS/c26-24(27,28)19-8-6-7-17(13-19)21-16-37-23(34-21)35-22(25(29,30)31)18(14-33-35)15-36-12-5-4-11-32-20-9-2-1-3-10-20/h6-8,13-14,16,20,32H,1-5,9-12,15H2. The maximum Gasteiger partial charge on any atom is 0.433 e. The lowest BCUT2D eigenvalue weighted by molar-refractivity contribution is -0.144. The Morgan fingerprint density at radius 1 is 1.03 bits per heavy atom. The number of ether oxygens (including phenoxy) is 1. The molecule has 2 heterocycles. The summed E-state index contributed by atoms with van der Waals surface area (Å²) in [6.45, 7) is 0.931. The molecule has 0 aliphatic heterocycles. The fraction of sp³-hybridized carbons (Fsp3) is 0.520. The van der Waals surface area contributed by atoms with E-state index in [1.54, 1.807) is 0 Å². The average Bonchev–Trinajstić information content (AvgIpc) is 3.51. The molecule has 0 radical (unpaired) electrons. The van der Waals surface area contributed by atoms with Gasteiger partial charge in [0, 0.05) is 29.2 Å². The molecule has 0 saturated heterocycles. The third-order valence-corrected chi connectivity index (χ3v) is 7.10. The second kappa shape index (κ2) is 12.0. The zero-order valence-corrected chi connectivity index (χ0v) is 20.9. The van der Waals surface area contributed by atoms with E-state index < -0.39 is 23.6 Å². The van der Waals surface area contributed by atoms with Crippen LogP contribution in [0.3, 0.4) is 0 Å². The molecule has 5 nitrogen and oxygen atoms in total. The lowest BCUT2D eigenvalue weighted by atomic mass is 9.95. The first-order chi connectivity index (χ1) is 17.6. The number of halogens is 6. The number of nitrogens with one attached hydrogen (secondary N) is 1. The third kappa shape index (κ3) is 7.32. The van der Waals surface area contributed by atoms with Crippen LogP contribution < -0.4 is 5.32 Å². The van der Waals surface area contributed by atoms with Crippen molar-refractivity contribution in [3.05, 3.63) is 52.7 Å². The Morgan fingerprint density at radius 3 is 2.54 bits per heavy atom. The Morgan fingerprint density at radius 2 is 1.81 bits per heavy atom. The minimum absolute atomic E-state index is 0.0974. The number of aromatic nitrogens is 3. The van der Waals surface area contributed by atoms with E-state index in [-0.39, 0.29) is 28.6 Å². The number of rotatable bonds is 10. The van der Waals surface area contributed by atoms with Crippen molar-refractivity contribution in [1.82, 2.24) is 20.1 Å². The van der Waals surface area contributed by atoms with Gasteiger partial charge in [0.05, 0.1) is 24.1 Å². The van der Waals surface area contributed by atoms with E-state index >= 15 is 0 Å². The molecule has 1 aliphatic rings. The van der Waals surface area contributed by atoms with Crippen molar-refractivity contribution in [2.24, 2.45) is 0 Å². The Bertz CT molecular complexity index is 1150. The number of alkyl halides is 6. The molecule has 4 rings (SSSR count). The van der Waals surface area contributed by atoms with E-state index in [0.717, 1.165) is 49.1 Å². The summed E-state index contributed by atoms with van der Waals surface area (Å²) in [6.07, 6.45) is -0.375. The summed E-state index contributed by atoms with van der Waals surface area (Å²) >= 11 is 0.864. The zero-order chi connectivity index (χ0) is 26.5. The molecule has 1 aliphatic carbocycles. The van der Waals surface area contributed by atoms with Gasteiger partial charge >= 0.3 is 12.4 Å². The van der Waals surface area contributed by atoms with E-state index in [9.17, 15) is 26.3 Å². The number of hydrogen-bond donors (Lipinski definition) is 1. The molecule has 1 saturated carbocycles. The lowest BCUT2D eigenvalue weighted by Gasteiger charge is -2.22. The highest BCUT2D eigenvalue weighted by Crippen LogP contribution is 2.36. The van der Waals surface area contributed by atoms with Gasteiger partial charge in [0.2, 0.25) is 5.13 Å². The summed E-state index contributed by atoms with van der Waals surface area (Å²) in [5.41, 5.74) is -1.70. The molecular weight excluding hydrogens is 518 g/mol. The third-order valence-electron chi connectivity index (χ3n) is 6.28. The summed E-state index contributed by atoms with van der Waals surface area (Å²) in [7, 11) is 0. The van der Waals surface area contributed by atoms with Crippen LogP contribution in [-0.2, 0) is 23.7 Å². The van der Waals surface area contributed by atoms with Gasteiger partial charge < -0.3 is 10.1 Å². The quantitative estimate of drug-likeness (QED) is 0.215. The highest BCUT2D eigenvalue weighted by Gasteiger charge is 2.39. The topological polar surface area (TPSA) is 52.0 Å². The molecule has 12 heteroatoms. The summed E-state index contributed by atoms with van der Waals surface area (Å²) < 4.78 is 87.1. The van der Waals surface area contributed by atoms with Crippen LogP contribution in [0, 0.1) is 0 Å². The van der Waals surface area contributed by atoms with Gasteiger partial charge in [-0.3, -0.25) is 0 Å². The molecule has 1 fully saturated rings. The number of hydrogen-bond acceptors (Lipinski definition) is 5. The number of thiazole rings is 1. The fourth-order valence-corrected chi connectivity index (χ4v) is 5.20. The maximum atomic E-state index is 13.9. The van der Waals surface area contributed by atoms with Gasteiger partial charge in [0.1, 0.15) is 0 Å². The predicted molar refractivity (Wildman–Crippen MR) is 128 cm³/mol. The molecule has 0 unspecified atom stereocenters. The van der Waals surface area contributed by atoms with E-state index in [2.05, 4.69) is 15.4 Å². The number of unbranched alkanes of at least 4 members (excludes halogenated alkanes) is 1. The minimum atomic E-state index is -4.72. The minimum Gasteiger partial charge on any atom is -0.377 e. The predicted octanol–water partition coefficient (Wildman–Crippen LogP) is 7.25. The van der Waals surface area contributed by atoms with E-state index in [4.69, 9.17) is 4.74 Å². The molecule has 0 bridgehead atoms. The average molecular weight is 547 g/mol. The summed E-state index contributed by atoms with van der Waals surface area (Å²) in [4.78, 5) is 4.13. The summed E-state index contributed by atoms with van der Waals surface area (Å²) in [5, 5.41) is 8.71. The largest absolute Gasteiger partial charge is 0.433 e. The number of nitrogens with zero attached hydrogens (tertiary/aromatic N) is 3. The van der Waals surface area contributed by atoms with Gasteiger partial charge in [0.25, 0.3) is 0 Å². The van der Waals surface area contributed by atoms with Gasteiger partial charge in [-0.25, -0.2) is 9.67 Å². The molecule has 1 N–H and O–H groups in total. The highest BCUT2D eigenvalue weighted by atomic mass is 32.1. The smallest absolute Gasteiger partial charge is 0.377 e. The molecule has 1 aromatic carbocycles. The van der Waals surface area contributed by atoms with Crippen LogP contribution in [0.2, 0.25) is 0 Å². The maximum absolute atomic E-state index is 13.9. The first-order valence-electron chi connectivity index (χ1n) is 12.2. The Labute approximate surface area is 214 Å². The van der Waals surface area contributed by atoms with Gasteiger partial charge in [-0.1, -0.05) is 31.4 Å². The van der Waals surface area contributed by atoms with Crippen molar-refractivity contribution in [2.45, 2.75) is 69.9 Å². The van der Waals surface area contributed by atoms with Gasteiger partial charge in [0.15, 0.2) is 5.69 Å². The van der Waals surface area contributed by atoms with Crippen LogP contribution in [0.1, 0.15) is 61.8 Å². The van der Waals surface area contributed by atoms with Crippen LogP contribution in [0.5, 0.6) is 0 Å². The molecule has 0 amide bonds. The van der Waals surface area contributed by atoms with Crippen molar-refractivity contribution in [3.63, 3.8) is 0 Å².